The summed E-state index contributed by atoms with van der Waals surface area (Å²) in [4.78, 5) is 18.7. The Labute approximate surface area is 129 Å². The third kappa shape index (κ3) is 3.29. The quantitative estimate of drug-likeness (QED) is 0.852. The lowest BCUT2D eigenvalue weighted by Gasteiger charge is -2.37. The Bertz CT molecular complexity index is 592. The lowest BCUT2D eigenvalue weighted by atomic mass is 9.92. The van der Waals surface area contributed by atoms with Crippen molar-refractivity contribution >= 4 is 27.1 Å². The van der Waals surface area contributed by atoms with E-state index < -0.39 is 9.84 Å². The number of sulfone groups is 1. The van der Waals surface area contributed by atoms with Gasteiger partial charge in [0.05, 0.1) is 17.0 Å². The van der Waals surface area contributed by atoms with Gasteiger partial charge in [0.25, 0.3) is 5.91 Å². The minimum Gasteiger partial charge on any atom is -0.330 e. The molecule has 1 amide bonds. The molecule has 2 fully saturated rings. The Morgan fingerprint density at radius 2 is 1.95 bits per heavy atom. The van der Waals surface area contributed by atoms with Gasteiger partial charge >= 0.3 is 0 Å². The summed E-state index contributed by atoms with van der Waals surface area (Å²) >= 11 is 1.40. The van der Waals surface area contributed by atoms with Gasteiger partial charge in [0.1, 0.15) is 5.69 Å². The van der Waals surface area contributed by atoms with Crippen LogP contribution < -0.4 is 0 Å². The smallest absolute Gasteiger partial charge is 0.273 e. The van der Waals surface area contributed by atoms with Gasteiger partial charge in [-0.25, -0.2) is 13.4 Å². The summed E-state index contributed by atoms with van der Waals surface area (Å²) in [5.74, 6) is 0.218. The van der Waals surface area contributed by atoms with Gasteiger partial charge in [-0.05, 0) is 19.3 Å². The van der Waals surface area contributed by atoms with E-state index in [1.165, 1.54) is 17.8 Å². The number of hydrogen-bond acceptors (Lipinski definition) is 5. The van der Waals surface area contributed by atoms with Crippen LogP contribution in [0.25, 0.3) is 0 Å². The molecule has 0 bridgehead atoms. The molecule has 1 aromatic rings. The largest absolute Gasteiger partial charge is 0.330 e. The molecule has 116 valence electrons. The average Bonchev–Trinajstić information content (AvgIpc) is 3.10. The molecule has 5 nitrogen and oxygen atoms in total. The SMILES string of the molecule is O=C(c1cscn1)N(C1CCCCC1)C1CCS(=O)(=O)C1. The van der Waals surface area contributed by atoms with Crippen molar-refractivity contribution in [2.75, 3.05) is 11.5 Å². The molecule has 2 aliphatic rings. The molecule has 1 aliphatic heterocycles. The fraction of sp³-hybridized carbons (Fsp3) is 0.714. The van der Waals surface area contributed by atoms with Gasteiger partial charge in [-0.1, -0.05) is 19.3 Å². The number of carbonyl (C=O) groups is 1. The minimum atomic E-state index is -2.99. The van der Waals surface area contributed by atoms with E-state index in [4.69, 9.17) is 0 Å². The van der Waals surface area contributed by atoms with E-state index in [-0.39, 0.29) is 29.5 Å². The normalized spacial score (nSPS) is 25.8. The number of hydrogen-bond donors (Lipinski definition) is 0. The summed E-state index contributed by atoms with van der Waals surface area (Å²) in [6.07, 6.45) is 5.96. The molecule has 1 unspecified atom stereocenters. The van der Waals surface area contributed by atoms with Crippen molar-refractivity contribution in [1.29, 1.82) is 0 Å². The van der Waals surface area contributed by atoms with Gasteiger partial charge in [0, 0.05) is 17.5 Å². The van der Waals surface area contributed by atoms with Crippen LogP contribution in [0.5, 0.6) is 0 Å². The first kappa shape index (κ1) is 15.0. The molecule has 0 aromatic carbocycles. The second-order valence-electron chi connectivity index (χ2n) is 5.93. The third-order valence-electron chi connectivity index (χ3n) is 4.46. The van der Waals surface area contributed by atoms with Crippen molar-refractivity contribution in [3.8, 4) is 0 Å². The van der Waals surface area contributed by atoms with E-state index in [9.17, 15) is 13.2 Å². The number of thiazole rings is 1. The van der Waals surface area contributed by atoms with Crippen LogP contribution in [0.2, 0.25) is 0 Å². The Hall–Kier alpha value is -0.950. The van der Waals surface area contributed by atoms with Gasteiger partial charge < -0.3 is 4.90 Å². The second kappa shape index (κ2) is 6.04. The summed E-state index contributed by atoms with van der Waals surface area (Å²) in [7, 11) is -2.99. The standard InChI is InChI=1S/C14H20N2O3S2/c17-14(13-8-20-10-15-13)16(11-4-2-1-3-5-11)12-6-7-21(18,19)9-12/h8,10-12H,1-7,9H2. The Morgan fingerprint density at radius 3 is 2.52 bits per heavy atom. The molecule has 2 heterocycles. The maximum atomic E-state index is 12.8. The van der Waals surface area contributed by atoms with Crippen LogP contribution in [-0.4, -0.2) is 47.8 Å². The van der Waals surface area contributed by atoms with Crippen molar-refractivity contribution in [3.63, 3.8) is 0 Å². The summed E-state index contributed by atoms with van der Waals surface area (Å²) in [5, 5.41) is 1.75. The van der Waals surface area contributed by atoms with Crippen LogP contribution in [0.3, 0.4) is 0 Å². The first-order valence-corrected chi connectivity index (χ1v) is 10.2. The van der Waals surface area contributed by atoms with Gasteiger partial charge in [-0.3, -0.25) is 4.79 Å². The van der Waals surface area contributed by atoms with E-state index in [1.54, 1.807) is 10.9 Å². The second-order valence-corrected chi connectivity index (χ2v) is 8.88. The maximum absolute atomic E-state index is 12.8. The zero-order chi connectivity index (χ0) is 14.9. The molecule has 1 aromatic heterocycles. The van der Waals surface area contributed by atoms with Gasteiger partial charge in [0.15, 0.2) is 9.84 Å². The predicted octanol–water partition coefficient (Wildman–Crippen LogP) is 2.11. The highest BCUT2D eigenvalue weighted by molar-refractivity contribution is 7.91. The minimum absolute atomic E-state index is 0.0924. The number of rotatable bonds is 3. The highest BCUT2D eigenvalue weighted by atomic mass is 32.2. The van der Waals surface area contributed by atoms with Gasteiger partial charge in [-0.2, -0.15) is 0 Å². The van der Waals surface area contributed by atoms with Gasteiger partial charge in [-0.15, -0.1) is 11.3 Å². The molecular formula is C14H20N2O3S2. The monoisotopic (exact) mass is 328 g/mol. The van der Waals surface area contributed by atoms with Crippen LogP contribution in [-0.2, 0) is 9.84 Å². The zero-order valence-electron chi connectivity index (χ0n) is 11.9. The third-order valence-corrected chi connectivity index (χ3v) is 6.79. The highest BCUT2D eigenvalue weighted by Crippen LogP contribution is 2.29. The Kier molecular flexibility index (Phi) is 4.31. The van der Waals surface area contributed by atoms with Crippen molar-refractivity contribution in [1.82, 2.24) is 9.88 Å². The van der Waals surface area contributed by atoms with E-state index >= 15 is 0 Å². The lowest BCUT2D eigenvalue weighted by molar-refractivity contribution is 0.0536. The lowest BCUT2D eigenvalue weighted by Crippen LogP contribution is -2.48. The fourth-order valence-electron chi connectivity index (χ4n) is 3.43. The Balaban J connectivity index is 1.85. The Morgan fingerprint density at radius 1 is 1.19 bits per heavy atom. The summed E-state index contributed by atoms with van der Waals surface area (Å²) in [5.41, 5.74) is 2.10. The first-order chi connectivity index (χ1) is 10.1. The van der Waals surface area contributed by atoms with E-state index in [2.05, 4.69) is 4.98 Å². The zero-order valence-corrected chi connectivity index (χ0v) is 13.5. The topological polar surface area (TPSA) is 67.3 Å². The molecule has 0 N–H and O–H groups in total. The molecule has 1 saturated heterocycles. The molecule has 0 spiro atoms. The fourth-order valence-corrected chi connectivity index (χ4v) is 5.67. The summed E-state index contributed by atoms with van der Waals surface area (Å²) in [6.45, 7) is 0. The average molecular weight is 328 g/mol. The first-order valence-electron chi connectivity index (χ1n) is 7.48. The summed E-state index contributed by atoms with van der Waals surface area (Å²) in [6, 6.07) is -0.00134. The molecule has 0 radical (unpaired) electrons. The summed E-state index contributed by atoms with van der Waals surface area (Å²) < 4.78 is 23.6. The molecule has 1 atom stereocenters. The number of amides is 1. The van der Waals surface area contributed by atoms with Crippen LogP contribution in [0, 0.1) is 0 Å². The molecular weight excluding hydrogens is 308 g/mol. The van der Waals surface area contributed by atoms with E-state index in [0.717, 1.165) is 25.7 Å². The molecule has 1 aliphatic carbocycles. The van der Waals surface area contributed by atoms with Crippen LogP contribution >= 0.6 is 11.3 Å². The number of nitrogens with zero attached hydrogens (tertiary/aromatic N) is 2. The molecule has 21 heavy (non-hydrogen) atoms. The van der Waals surface area contributed by atoms with Crippen LogP contribution in [0.4, 0.5) is 0 Å². The maximum Gasteiger partial charge on any atom is 0.273 e. The van der Waals surface area contributed by atoms with Crippen molar-refractivity contribution in [2.24, 2.45) is 0 Å². The van der Waals surface area contributed by atoms with Gasteiger partial charge in [0.2, 0.25) is 0 Å². The van der Waals surface area contributed by atoms with Crippen LogP contribution in [0.15, 0.2) is 10.9 Å². The molecule has 3 rings (SSSR count). The van der Waals surface area contributed by atoms with E-state index in [0.29, 0.717) is 12.1 Å². The molecule has 7 heteroatoms. The van der Waals surface area contributed by atoms with Crippen molar-refractivity contribution < 1.29 is 13.2 Å². The van der Waals surface area contributed by atoms with E-state index in [1.807, 2.05) is 4.90 Å². The predicted molar refractivity (Wildman–Crippen MR) is 82.2 cm³/mol. The van der Waals surface area contributed by atoms with Crippen molar-refractivity contribution in [2.45, 2.75) is 50.6 Å². The highest BCUT2D eigenvalue weighted by Gasteiger charge is 2.39. The van der Waals surface area contributed by atoms with Crippen LogP contribution in [0.1, 0.15) is 49.0 Å². The molecule has 1 saturated carbocycles. The van der Waals surface area contributed by atoms with Crippen molar-refractivity contribution in [3.05, 3.63) is 16.6 Å². The number of carbonyl (C=O) groups excluding carboxylic acids is 1. The number of aromatic nitrogens is 1.